The Bertz CT molecular complexity index is 589. The summed E-state index contributed by atoms with van der Waals surface area (Å²) >= 11 is 6.10. The minimum absolute atomic E-state index is 0.577. The number of aryl methyl sites for hydroxylation is 1. The first-order valence-electron chi connectivity index (χ1n) is 7.64. The standard InChI is InChI=1S/C17H22ClN3/c1-21-12-15(11-20-21)8-14(10-19-17-5-6-17)7-13-3-2-4-16(18)9-13/h2-4,9,11-12,14,17,19H,5-8,10H2,1H3. The molecule has 0 amide bonds. The van der Waals surface area contributed by atoms with Gasteiger partial charge in [0.2, 0.25) is 0 Å². The lowest BCUT2D eigenvalue weighted by atomic mass is 9.93. The molecular weight excluding hydrogens is 282 g/mol. The second kappa shape index (κ2) is 6.63. The van der Waals surface area contributed by atoms with Crippen LogP contribution in [0.15, 0.2) is 36.7 Å². The van der Waals surface area contributed by atoms with Crippen LogP contribution in [0.1, 0.15) is 24.0 Å². The molecule has 112 valence electrons. The van der Waals surface area contributed by atoms with Crippen LogP contribution in [-0.4, -0.2) is 22.4 Å². The maximum absolute atomic E-state index is 6.10. The smallest absolute Gasteiger partial charge is 0.0521 e. The van der Waals surface area contributed by atoms with E-state index in [0.29, 0.717) is 5.92 Å². The second-order valence-corrected chi connectivity index (χ2v) is 6.55. The molecule has 1 atom stereocenters. The van der Waals surface area contributed by atoms with Crippen molar-refractivity contribution in [3.8, 4) is 0 Å². The Morgan fingerprint density at radius 2 is 2.14 bits per heavy atom. The minimum Gasteiger partial charge on any atom is -0.314 e. The highest BCUT2D eigenvalue weighted by Gasteiger charge is 2.22. The molecule has 1 fully saturated rings. The number of hydrogen-bond donors (Lipinski definition) is 1. The average Bonchev–Trinajstić information content (AvgIpc) is 3.19. The van der Waals surface area contributed by atoms with Gasteiger partial charge in [-0.1, -0.05) is 23.7 Å². The van der Waals surface area contributed by atoms with Crippen molar-refractivity contribution in [1.29, 1.82) is 0 Å². The number of hydrogen-bond acceptors (Lipinski definition) is 2. The Kier molecular flexibility index (Phi) is 4.61. The van der Waals surface area contributed by atoms with Gasteiger partial charge in [0.25, 0.3) is 0 Å². The van der Waals surface area contributed by atoms with Crippen molar-refractivity contribution in [2.75, 3.05) is 6.54 Å². The van der Waals surface area contributed by atoms with Gasteiger partial charge in [-0.3, -0.25) is 4.68 Å². The molecule has 0 aliphatic heterocycles. The van der Waals surface area contributed by atoms with E-state index < -0.39 is 0 Å². The highest BCUT2D eigenvalue weighted by molar-refractivity contribution is 6.30. The molecule has 1 aromatic carbocycles. The molecule has 1 aromatic heterocycles. The summed E-state index contributed by atoms with van der Waals surface area (Å²) in [5.74, 6) is 0.577. The van der Waals surface area contributed by atoms with E-state index in [4.69, 9.17) is 11.6 Å². The Morgan fingerprint density at radius 3 is 2.81 bits per heavy atom. The molecule has 1 heterocycles. The van der Waals surface area contributed by atoms with E-state index in [0.717, 1.165) is 30.5 Å². The molecule has 3 nitrogen and oxygen atoms in total. The molecule has 1 N–H and O–H groups in total. The fourth-order valence-electron chi connectivity index (χ4n) is 2.75. The molecule has 2 aromatic rings. The molecule has 1 aliphatic carbocycles. The third-order valence-corrected chi connectivity index (χ3v) is 4.20. The van der Waals surface area contributed by atoms with Crippen molar-refractivity contribution >= 4 is 11.6 Å². The fourth-order valence-corrected chi connectivity index (χ4v) is 2.96. The predicted molar refractivity (Wildman–Crippen MR) is 86.6 cm³/mol. The molecule has 0 spiro atoms. The minimum atomic E-state index is 0.577. The Balaban J connectivity index is 1.65. The van der Waals surface area contributed by atoms with Crippen LogP contribution < -0.4 is 5.32 Å². The largest absolute Gasteiger partial charge is 0.314 e. The van der Waals surface area contributed by atoms with Crippen LogP contribution in [0.4, 0.5) is 0 Å². The summed E-state index contributed by atoms with van der Waals surface area (Å²) in [5, 5.41) is 8.75. The summed E-state index contributed by atoms with van der Waals surface area (Å²) in [6.45, 7) is 1.06. The molecule has 0 saturated heterocycles. The number of nitrogens with one attached hydrogen (secondary N) is 1. The normalized spacial score (nSPS) is 16.1. The number of benzene rings is 1. The van der Waals surface area contributed by atoms with E-state index in [-0.39, 0.29) is 0 Å². The first-order chi connectivity index (χ1) is 10.2. The number of halogens is 1. The highest BCUT2D eigenvalue weighted by Crippen LogP contribution is 2.21. The SMILES string of the molecule is Cn1cc(CC(CNC2CC2)Cc2cccc(Cl)c2)cn1. The zero-order valence-corrected chi connectivity index (χ0v) is 13.2. The van der Waals surface area contributed by atoms with E-state index in [9.17, 15) is 0 Å². The van der Waals surface area contributed by atoms with Crippen LogP contribution in [0, 0.1) is 5.92 Å². The van der Waals surface area contributed by atoms with Gasteiger partial charge < -0.3 is 5.32 Å². The molecule has 0 bridgehead atoms. The van der Waals surface area contributed by atoms with E-state index in [1.54, 1.807) is 0 Å². The zero-order chi connectivity index (χ0) is 14.7. The number of aromatic nitrogens is 2. The van der Waals surface area contributed by atoms with Crippen LogP contribution in [0.25, 0.3) is 0 Å². The maximum atomic E-state index is 6.10. The summed E-state index contributed by atoms with van der Waals surface area (Å²) < 4.78 is 1.88. The Labute approximate surface area is 131 Å². The summed E-state index contributed by atoms with van der Waals surface area (Å²) in [7, 11) is 1.97. The topological polar surface area (TPSA) is 29.9 Å². The summed E-state index contributed by atoms with van der Waals surface area (Å²) in [4.78, 5) is 0. The maximum Gasteiger partial charge on any atom is 0.0521 e. The monoisotopic (exact) mass is 303 g/mol. The Hall–Kier alpha value is -1.32. The summed E-state index contributed by atoms with van der Waals surface area (Å²) in [6, 6.07) is 8.96. The van der Waals surface area contributed by atoms with Gasteiger partial charge in [-0.05, 0) is 61.4 Å². The van der Waals surface area contributed by atoms with Crippen molar-refractivity contribution in [3.63, 3.8) is 0 Å². The second-order valence-electron chi connectivity index (χ2n) is 6.11. The third-order valence-electron chi connectivity index (χ3n) is 3.97. The molecule has 4 heteroatoms. The lowest BCUT2D eigenvalue weighted by Crippen LogP contribution is -2.27. The molecule has 1 unspecified atom stereocenters. The predicted octanol–water partition coefficient (Wildman–Crippen LogP) is 3.23. The molecule has 0 radical (unpaired) electrons. The highest BCUT2D eigenvalue weighted by atomic mass is 35.5. The third kappa shape index (κ3) is 4.58. The van der Waals surface area contributed by atoms with Crippen LogP contribution in [-0.2, 0) is 19.9 Å². The van der Waals surface area contributed by atoms with Crippen molar-refractivity contribution in [3.05, 3.63) is 52.8 Å². The van der Waals surface area contributed by atoms with Gasteiger partial charge in [-0.15, -0.1) is 0 Å². The molecule has 1 saturated carbocycles. The van der Waals surface area contributed by atoms with Gasteiger partial charge in [-0.2, -0.15) is 5.10 Å². The summed E-state index contributed by atoms with van der Waals surface area (Å²) in [5.41, 5.74) is 2.62. The van der Waals surface area contributed by atoms with Gasteiger partial charge >= 0.3 is 0 Å². The first kappa shape index (κ1) is 14.6. The van der Waals surface area contributed by atoms with Gasteiger partial charge in [-0.25, -0.2) is 0 Å². The van der Waals surface area contributed by atoms with Gasteiger partial charge in [0.05, 0.1) is 6.20 Å². The van der Waals surface area contributed by atoms with Crippen LogP contribution in [0.3, 0.4) is 0 Å². The lowest BCUT2D eigenvalue weighted by Gasteiger charge is -2.17. The fraction of sp³-hybridized carbons (Fsp3) is 0.471. The molecular formula is C17H22ClN3. The lowest BCUT2D eigenvalue weighted by molar-refractivity contribution is 0.469. The van der Waals surface area contributed by atoms with Gasteiger partial charge in [0.15, 0.2) is 0 Å². The molecule has 3 rings (SSSR count). The van der Waals surface area contributed by atoms with Crippen molar-refractivity contribution in [1.82, 2.24) is 15.1 Å². The number of rotatable bonds is 7. The zero-order valence-electron chi connectivity index (χ0n) is 12.4. The quantitative estimate of drug-likeness (QED) is 0.851. The van der Waals surface area contributed by atoms with E-state index in [2.05, 4.69) is 28.7 Å². The van der Waals surface area contributed by atoms with E-state index in [1.165, 1.54) is 24.0 Å². The van der Waals surface area contributed by atoms with Crippen molar-refractivity contribution < 1.29 is 0 Å². The summed E-state index contributed by atoms with van der Waals surface area (Å²) in [6.07, 6.45) is 8.85. The van der Waals surface area contributed by atoms with E-state index >= 15 is 0 Å². The number of nitrogens with zero attached hydrogens (tertiary/aromatic N) is 2. The van der Waals surface area contributed by atoms with Crippen molar-refractivity contribution in [2.24, 2.45) is 13.0 Å². The van der Waals surface area contributed by atoms with Gasteiger partial charge in [0.1, 0.15) is 0 Å². The van der Waals surface area contributed by atoms with Crippen LogP contribution >= 0.6 is 11.6 Å². The van der Waals surface area contributed by atoms with Crippen LogP contribution in [0.5, 0.6) is 0 Å². The molecule has 21 heavy (non-hydrogen) atoms. The average molecular weight is 304 g/mol. The molecule has 1 aliphatic rings. The van der Waals surface area contributed by atoms with Crippen LogP contribution in [0.2, 0.25) is 5.02 Å². The Morgan fingerprint density at radius 1 is 1.33 bits per heavy atom. The van der Waals surface area contributed by atoms with Gasteiger partial charge in [0, 0.05) is 24.3 Å². The van der Waals surface area contributed by atoms with E-state index in [1.807, 2.05) is 30.1 Å². The van der Waals surface area contributed by atoms with Crippen molar-refractivity contribution in [2.45, 2.75) is 31.7 Å². The first-order valence-corrected chi connectivity index (χ1v) is 8.02.